The Balaban J connectivity index is 1.68. The molecule has 1 unspecified atom stereocenters. The van der Waals surface area contributed by atoms with Gasteiger partial charge in [-0.15, -0.1) is 11.3 Å². The smallest absolute Gasteiger partial charge is 0.223 e. The van der Waals surface area contributed by atoms with Gasteiger partial charge in [0, 0.05) is 17.8 Å². The van der Waals surface area contributed by atoms with Crippen LogP contribution in [0.5, 0.6) is 11.5 Å². The molecular weight excluding hydrogens is 322 g/mol. The molecule has 3 rings (SSSR count). The number of methoxy groups -OCH3 is 2. The Labute approximate surface area is 147 Å². The lowest BCUT2D eigenvalue weighted by Gasteiger charge is -2.24. The Morgan fingerprint density at radius 3 is 2.83 bits per heavy atom. The topological polar surface area (TPSA) is 38.8 Å². The van der Waals surface area contributed by atoms with E-state index in [-0.39, 0.29) is 11.9 Å². The molecule has 2 heterocycles. The van der Waals surface area contributed by atoms with Crippen LogP contribution >= 0.6 is 11.3 Å². The first-order chi connectivity index (χ1) is 11.7. The molecule has 1 aliphatic rings. The van der Waals surface area contributed by atoms with Crippen LogP contribution in [0.15, 0.2) is 35.7 Å². The van der Waals surface area contributed by atoms with Crippen LogP contribution in [0.3, 0.4) is 0 Å². The molecule has 1 saturated heterocycles. The zero-order chi connectivity index (χ0) is 16.9. The fourth-order valence-corrected chi connectivity index (χ4v) is 4.25. The fraction of sp³-hybridized carbons (Fsp3) is 0.421. The van der Waals surface area contributed by atoms with E-state index in [9.17, 15) is 4.79 Å². The largest absolute Gasteiger partial charge is 0.493 e. The van der Waals surface area contributed by atoms with E-state index in [0.717, 1.165) is 30.7 Å². The Hall–Kier alpha value is -2.01. The lowest BCUT2D eigenvalue weighted by Crippen LogP contribution is -2.30. The van der Waals surface area contributed by atoms with Gasteiger partial charge in [-0.1, -0.05) is 18.2 Å². The number of benzene rings is 1. The van der Waals surface area contributed by atoms with Crippen LogP contribution in [0.4, 0.5) is 0 Å². The Kier molecular flexibility index (Phi) is 5.41. The van der Waals surface area contributed by atoms with Gasteiger partial charge in [0.25, 0.3) is 0 Å². The van der Waals surface area contributed by atoms with E-state index >= 15 is 0 Å². The van der Waals surface area contributed by atoms with Crippen molar-refractivity contribution < 1.29 is 14.3 Å². The van der Waals surface area contributed by atoms with Gasteiger partial charge in [0.05, 0.1) is 20.3 Å². The molecule has 1 aromatic carbocycles. The van der Waals surface area contributed by atoms with Gasteiger partial charge < -0.3 is 14.4 Å². The predicted molar refractivity (Wildman–Crippen MR) is 95.9 cm³/mol. The molecule has 1 aliphatic heterocycles. The Bertz CT molecular complexity index is 684. The molecule has 0 N–H and O–H groups in total. The molecule has 1 aromatic heterocycles. The molecule has 0 spiro atoms. The van der Waals surface area contributed by atoms with Crippen molar-refractivity contribution in [2.24, 2.45) is 0 Å². The van der Waals surface area contributed by atoms with Crippen LogP contribution < -0.4 is 9.47 Å². The zero-order valence-electron chi connectivity index (χ0n) is 14.2. The molecule has 2 aromatic rings. The van der Waals surface area contributed by atoms with Gasteiger partial charge in [-0.2, -0.15) is 0 Å². The van der Waals surface area contributed by atoms with Crippen molar-refractivity contribution in [1.29, 1.82) is 0 Å². The Morgan fingerprint density at radius 2 is 2.12 bits per heavy atom. The highest BCUT2D eigenvalue weighted by Crippen LogP contribution is 2.36. The fourth-order valence-electron chi connectivity index (χ4n) is 3.38. The first-order valence-corrected chi connectivity index (χ1v) is 9.15. The highest BCUT2D eigenvalue weighted by molar-refractivity contribution is 7.10. The van der Waals surface area contributed by atoms with E-state index in [2.05, 4.69) is 17.5 Å². The molecule has 5 heteroatoms. The van der Waals surface area contributed by atoms with Gasteiger partial charge in [0.15, 0.2) is 11.5 Å². The first kappa shape index (κ1) is 16.8. The maximum Gasteiger partial charge on any atom is 0.223 e. The number of nitrogens with zero attached hydrogens (tertiary/aromatic N) is 1. The first-order valence-electron chi connectivity index (χ1n) is 8.27. The van der Waals surface area contributed by atoms with E-state index in [1.807, 2.05) is 23.1 Å². The van der Waals surface area contributed by atoms with Gasteiger partial charge >= 0.3 is 0 Å². The third-order valence-corrected chi connectivity index (χ3v) is 5.51. The second-order valence-electron chi connectivity index (χ2n) is 5.91. The maximum absolute atomic E-state index is 12.7. The van der Waals surface area contributed by atoms with Gasteiger partial charge in [0.2, 0.25) is 5.91 Å². The molecule has 1 fully saturated rings. The quantitative estimate of drug-likeness (QED) is 0.792. The van der Waals surface area contributed by atoms with Crippen LogP contribution in [0.25, 0.3) is 0 Å². The van der Waals surface area contributed by atoms with Gasteiger partial charge in [0.1, 0.15) is 0 Å². The van der Waals surface area contributed by atoms with E-state index in [0.29, 0.717) is 18.6 Å². The molecule has 4 nitrogen and oxygen atoms in total. The number of aryl methyl sites for hydroxylation is 1. The number of thiophene rings is 1. The molecule has 0 aliphatic carbocycles. The van der Waals surface area contributed by atoms with E-state index in [1.165, 1.54) is 4.88 Å². The number of ether oxygens (including phenoxy) is 2. The van der Waals surface area contributed by atoms with Gasteiger partial charge in [-0.05, 0) is 42.3 Å². The van der Waals surface area contributed by atoms with Crippen LogP contribution in [0.2, 0.25) is 0 Å². The summed E-state index contributed by atoms with van der Waals surface area (Å²) in [5, 5.41) is 2.08. The normalized spacial score (nSPS) is 17.1. The molecule has 0 radical (unpaired) electrons. The van der Waals surface area contributed by atoms with Crippen molar-refractivity contribution >= 4 is 17.2 Å². The lowest BCUT2D eigenvalue weighted by molar-refractivity contribution is -0.132. The molecule has 1 amide bonds. The maximum atomic E-state index is 12.7. The number of carbonyl (C=O) groups is 1. The second-order valence-corrected chi connectivity index (χ2v) is 6.89. The minimum Gasteiger partial charge on any atom is -0.493 e. The third kappa shape index (κ3) is 3.41. The molecule has 0 bridgehead atoms. The number of amides is 1. The predicted octanol–water partition coefficient (Wildman–Crippen LogP) is 4.06. The lowest BCUT2D eigenvalue weighted by atomic mass is 10.1. The third-order valence-electron chi connectivity index (χ3n) is 4.54. The highest BCUT2D eigenvalue weighted by Gasteiger charge is 2.30. The van der Waals surface area contributed by atoms with E-state index in [4.69, 9.17) is 9.47 Å². The molecule has 1 atom stereocenters. The highest BCUT2D eigenvalue weighted by atomic mass is 32.1. The number of likely N-dealkylation sites (tertiary alicyclic amines) is 1. The van der Waals surface area contributed by atoms with Crippen LogP contribution in [-0.4, -0.2) is 31.6 Å². The monoisotopic (exact) mass is 345 g/mol. The average molecular weight is 345 g/mol. The van der Waals surface area contributed by atoms with E-state index in [1.54, 1.807) is 25.6 Å². The zero-order valence-corrected chi connectivity index (χ0v) is 15.0. The summed E-state index contributed by atoms with van der Waals surface area (Å²) in [6.45, 7) is 0.858. The average Bonchev–Trinajstić information content (AvgIpc) is 3.29. The van der Waals surface area contributed by atoms with E-state index < -0.39 is 0 Å². The number of hydrogen-bond donors (Lipinski definition) is 0. The molecule has 0 saturated carbocycles. The summed E-state index contributed by atoms with van der Waals surface area (Å²) in [5.41, 5.74) is 1.01. The van der Waals surface area contributed by atoms with Gasteiger partial charge in [-0.3, -0.25) is 4.79 Å². The summed E-state index contributed by atoms with van der Waals surface area (Å²) < 4.78 is 10.8. The van der Waals surface area contributed by atoms with Crippen LogP contribution in [0, 0.1) is 0 Å². The van der Waals surface area contributed by atoms with Crippen molar-refractivity contribution in [3.8, 4) is 11.5 Å². The number of carbonyl (C=O) groups excluding carboxylic acids is 1. The van der Waals surface area contributed by atoms with Crippen LogP contribution in [-0.2, 0) is 11.2 Å². The molecular formula is C19H23NO3S. The summed E-state index contributed by atoms with van der Waals surface area (Å²) in [5.74, 6) is 1.65. The summed E-state index contributed by atoms with van der Waals surface area (Å²) in [4.78, 5) is 16.1. The van der Waals surface area contributed by atoms with Crippen molar-refractivity contribution in [1.82, 2.24) is 4.90 Å². The minimum absolute atomic E-state index is 0.218. The Morgan fingerprint density at radius 1 is 1.25 bits per heavy atom. The number of hydrogen-bond acceptors (Lipinski definition) is 4. The SMILES string of the molecule is COc1cccc(CCC(=O)N2CCCC2c2cccs2)c1OC. The number of rotatable bonds is 6. The van der Waals surface area contributed by atoms with Crippen molar-refractivity contribution in [2.75, 3.05) is 20.8 Å². The summed E-state index contributed by atoms with van der Waals surface area (Å²) >= 11 is 1.74. The van der Waals surface area contributed by atoms with Crippen molar-refractivity contribution in [3.05, 3.63) is 46.2 Å². The van der Waals surface area contributed by atoms with Gasteiger partial charge in [-0.25, -0.2) is 0 Å². The summed E-state index contributed by atoms with van der Waals surface area (Å²) in [6.07, 6.45) is 3.30. The summed E-state index contributed by atoms with van der Waals surface area (Å²) in [7, 11) is 3.26. The standard InChI is InChI=1S/C19H23NO3S/c1-22-16-8-3-6-14(19(16)23-2)10-11-18(21)20-12-4-7-15(20)17-9-5-13-24-17/h3,5-6,8-9,13,15H,4,7,10-12H2,1-2H3. The van der Waals surface area contributed by atoms with Crippen molar-refractivity contribution in [3.63, 3.8) is 0 Å². The second kappa shape index (κ2) is 7.71. The minimum atomic E-state index is 0.218. The molecule has 24 heavy (non-hydrogen) atoms. The summed E-state index contributed by atoms with van der Waals surface area (Å²) in [6, 6.07) is 10.2. The van der Waals surface area contributed by atoms with Crippen LogP contribution in [0.1, 0.15) is 35.7 Å². The molecule has 128 valence electrons. The number of para-hydroxylation sites is 1. The van der Waals surface area contributed by atoms with Crippen molar-refractivity contribution in [2.45, 2.75) is 31.7 Å².